The zero-order chi connectivity index (χ0) is 9.26. The predicted molar refractivity (Wildman–Crippen MR) is 63.0 cm³/mol. The van der Waals surface area contributed by atoms with Crippen LogP contribution in [0.5, 0.6) is 5.75 Å². The van der Waals surface area contributed by atoms with E-state index in [1.54, 1.807) is 6.07 Å². The van der Waals surface area contributed by atoms with E-state index in [1.807, 2.05) is 12.1 Å². The second-order valence-electron chi connectivity index (χ2n) is 3.35. The van der Waals surface area contributed by atoms with Gasteiger partial charge in [0.15, 0.2) is 0 Å². The third-order valence-corrected chi connectivity index (χ3v) is 3.14. The average Bonchev–Trinajstić information content (AvgIpc) is 2.61. The lowest BCUT2D eigenvalue weighted by Crippen LogP contribution is -2.13. The molecule has 0 amide bonds. The maximum atomic E-state index is 9.35. The second kappa shape index (κ2) is 5.01. The molecule has 0 spiro atoms. The lowest BCUT2D eigenvalue weighted by atomic mass is 10.1. The van der Waals surface area contributed by atoms with E-state index >= 15 is 0 Å². The summed E-state index contributed by atoms with van der Waals surface area (Å²) < 4.78 is 1.07. The lowest BCUT2D eigenvalue weighted by molar-refractivity contribution is 0.472. The summed E-state index contributed by atoms with van der Waals surface area (Å²) in [6, 6.07) is 5.82. The molecular weight excluding hydrogens is 265 g/mol. The van der Waals surface area contributed by atoms with Crippen LogP contribution in [0, 0.1) is 0 Å². The Labute approximate surface area is 98.3 Å². The van der Waals surface area contributed by atoms with Gasteiger partial charge in [-0.3, -0.25) is 0 Å². The minimum atomic E-state index is 0. The van der Waals surface area contributed by atoms with Gasteiger partial charge in [-0.2, -0.15) is 0 Å². The Morgan fingerprint density at radius 3 is 2.86 bits per heavy atom. The first-order valence-corrected chi connectivity index (χ1v) is 5.28. The number of nitrogens with one attached hydrogen (secondary N) is 1. The summed E-state index contributed by atoms with van der Waals surface area (Å²) in [6.07, 6.45) is 2.37. The molecule has 0 radical (unpaired) electrons. The molecule has 2 N–H and O–H groups in total. The van der Waals surface area contributed by atoms with Crippen molar-refractivity contribution >= 4 is 28.3 Å². The number of halogens is 2. The van der Waals surface area contributed by atoms with Gasteiger partial charge in [-0.25, -0.2) is 0 Å². The quantitative estimate of drug-likeness (QED) is 0.828. The highest BCUT2D eigenvalue weighted by atomic mass is 79.9. The SMILES string of the molecule is Cl.Oc1ccc(Br)c([C@H]2CCCN2)c1. The largest absolute Gasteiger partial charge is 0.508 e. The Hall–Kier alpha value is -0.250. The summed E-state index contributed by atoms with van der Waals surface area (Å²) in [7, 11) is 0. The van der Waals surface area contributed by atoms with Crippen LogP contribution in [-0.2, 0) is 0 Å². The fourth-order valence-electron chi connectivity index (χ4n) is 1.75. The minimum absolute atomic E-state index is 0. The van der Waals surface area contributed by atoms with Gasteiger partial charge in [-0.15, -0.1) is 12.4 Å². The summed E-state index contributed by atoms with van der Waals surface area (Å²) in [5.41, 5.74) is 1.16. The molecule has 1 fully saturated rings. The van der Waals surface area contributed by atoms with Gasteiger partial charge < -0.3 is 10.4 Å². The first-order valence-electron chi connectivity index (χ1n) is 4.49. The maximum absolute atomic E-state index is 9.35. The van der Waals surface area contributed by atoms with Gasteiger partial charge in [-0.1, -0.05) is 15.9 Å². The molecule has 0 bridgehead atoms. The Balaban J connectivity index is 0.000000980. The number of hydrogen-bond acceptors (Lipinski definition) is 2. The van der Waals surface area contributed by atoms with Gasteiger partial charge in [0.1, 0.15) is 5.75 Å². The smallest absolute Gasteiger partial charge is 0.115 e. The molecule has 1 aromatic carbocycles. The van der Waals surface area contributed by atoms with Crippen LogP contribution in [0.3, 0.4) is 0 Å². The first kappa shape index (κ1) is 11.8. The van der Waals surface area contributed by atoms with E-state index in [4.69, 9.17) is 0 Å². The van der Waals surface area contributed by atoms with Crippen molar-refractivity contribution in [1.82, 2.24) is 5.32 Å². The molecule has 0 unspecified atom stereocenters. The van der Waals surface area contributed by atoms with Crippen molar-refractivity contribution in [2.24, 2.45) is 0 Å². The van der Waals surface area contributed by atoms with Crippen LogP contribution >= 0.6 is 28.3 Å². The average molecular weight is 279 g/mol. The molecule has 0 saturated carbocycles. The molecule has 0 aliphatic carbocycles. The third kappa shape index (κ3) is 2.41. The van der Waals surface area contributed by atoms with E-state index in [-0.39, 0.29) is 12.4 Å². The van der Waals surface area contributed by atoms with Gasteiger partial charge >= 0.3 is 0 Å². The zero-order valence-corrected chi connectivity index (χ0v) is 10.1. The number of aromatic hydroxyl groups is 1. The predicted octanol–water partition coefficient (Wildman–Crippen LogP) is 3.00. The van der Waals surface area contributed by atoms with Crippen LogP contribution in [-0.4, -0.2) is 11.7 Å². The fourth-order valence-corrected chi connectivity index (χ4v) is 2.27. The molecule has 1 heterocycles. The van der Waals surface area contributed by atoms with Crippen molar-refractivity contribution in [3.05, 3.63) is 28.2 Å². The molecular formula is C10H13BrClNO. The van der Waals surface area contributed by atoms with E-state index in [0.717, 1.165) is 23.0 Å². The normalized spacial score (nSPS) is 20.5. The molecule has 2 rings (SSSR count). The number of benzene rings is 1. The summed E-state index contributed by atoms with van der Waals surface area (Å²) in [6.45, 7) is 1.08. The Morgan fingerprint density at radius 2 is 2.21 bits per heavy atom. The van der Waals surface area contributed by atoms with Crippen molar-refractivity contribution in [3.63, 3.8) is 0 Å². The van der Waals surface area contributed by atoms with Crippen LogP contribution < -0.4 is 5.32 Å². The van der Waals surface area contributed by atoms with E-state index < -0.39 is 0 Å². The molecule has 1 atom stereocenters. The molecule has 4 heteroatoms. The van der Waals surface area contributed by atoms with Crippen molar-refractivity contribution in [2.75, 3.05) is 6.54 Å². The van der Waals surface area contributed by atoms with E-state index in [2.05, 4.69) is 21.2 Å². The number of phenolic OH excluding ortho intramolecular Hbond substituents is 1. The van der Waals surface area contributed by atoms with Crippen LogP contribution in [0.15, 0.2) is 22.7 Å². The van der Waals surface area contributed by atoms with Crippen LogP contribution in [0.2, 0.25) is 0 Å². The van der Waals surface area contributed by atoms with Crippen LogP contribution in [0.1, 0.15) is 24.4 Å². The van der Waals surface area contributed by atoms with E-state index in [9.17, 15) is 5.11 Å². The van der Waals surface area contributed by atoms with Crippen molar-refractivity contribution in [2.45, 2.75) is 18.9 Å². The van der Waals surface area contributed by atoms with Crippen molar-refractivity contribution in [1.29, 1.82) is 0 Å². The highest BCUT2D eigenvalue weighted by Crippen LogP contribution is 2.31. The highest BCUT2D eigenvalue weighted by Gasteiger charge is 2.18. The Bertz CT molecular complexity index is 313. The number of hydrogen-bond donors (Lipinski definition) is 2. The molecule has 2 nitrogen and oxygen atoms in total. The van der Waals surface area contributed by atoms with Gasteiger partial charge in [0.05, 0.1) is 0 Å². The monoisotopic (exact) mass is 277 g/mol. The second-order valence-corrected chi connectivity index (χ2v) is 4.21. The van der Waals surface area contributed by atoms with Crippen LogP contribution in [0.4, 0.5) is 0 Å². The van der Waals surface area contributed by atoms with Crippen molar-refractivity contribution in [3.8, 4) is 5.75 Å². The van der Waals surface area contributed by atoms with Gasteiger partial charge in [0.2, 0.25) is 0 Å². The van der Waals surface area contributed by atoms with Crippen LogP contribution in [0.25, 0.3) is 0 Å². The number of rotatable bonds is 1. The standard InChI is InChI=1S/C10H12BrNO.ClH/c11-9-4-3-7(13)6-8(9)10-2-1-5-12-10;/h3-4,6,10,12-13H,1-2,5H2;1H/t10-;/m1./s1. The molecule has 1 aromatic rings. The molecule has 0 aromatic heterocycles. The van der Waals surface area contributed by atoms with Crippen molar-refractivity contribution < 1.29 is 5.11 Å². The number of phenols is 1. The Kier molecular flexibility index (Phi) is 4.23. The Morgan fingerprint density at radius 1 is 1.43 bits per heavy atom. The van der Waals surface area contributed by atoms with Gasteiger partial charge in [0.25, 0.3) is 0 Å². The summed E-state index contributed by atoms with van der Waals surface area (Å²) in [5, 5.41) is 12.7. The summed E-state index contributed by atoms with van der Waals surface area (Å²) >= 11 is 3.49. The molecule has 1 saturated heterocycles. The molecule has 1 aliphatic rings. The molecule has 1 aliphatic heterocycles. The zero-order valence-electron chi connectivity index (χ0n) is 7.66. The highest BCUT2D eigenvalue weighted by molar-refractivity contribution is 9.10. The lowest BCUT2D eigenvalue weighted by Gasteiger charge is -2.12. The summed E-state index contributed by atoms with van der Waals surface area (Å²) in [4.78, 5) is 0. The van der Waals surface area contributed by atoms with E-state index in [1.165, 1.54) is 6.42 Å². The fraction of sp³-hybridized carbons (Fsp3) is 0.400. The first-order chi connectivity index (χ1) is 6.27. The van der Waals surface area contributed by atoms with Gasteiger partial charge in [-0.05, 0) is 43.1 Å². The molecule has 14 heavy (non-hydrogen) atoms. The topological polar surface area (TPSA) is 32.3 Å². The summed E-state index contributed by atoms with van der Waals surface area (Å²) in [5.74, 6) is 0.340. The molecule has 78 valence electrons. The maximum Gasteiger partial charge on any atom is 0.115 e. The van der Waals surface area contributed by atoms with E-state index in [0.29, 0.717) is 11.8 Å². The van der Waals surface area contributed by atoms with Gasteiger partial charge in [0, 0.05) is 10.5 Å². The third-order valence-electron chi connectivity index (χ3n) is 2.42. The minimum Gasteiger partial charge on any atom is -0.508 e.